The summed E-state index contributed by atoms with van der Waals surface area (Å²) in [5, 5.41) is 14.8. The second-order valence-electron chi connectivity index (χ2n) is 9.05. The third kappa shape index (κ3) is 6.24. The number of methoxy groups -OCH3 is 1. The third-order valence-corrected chi connectivity index (χ3v) is 6.57. The molecule has 0 spiro atoms. The molecular weight excluding hydrogens is 473 g/mol. The second-order valence-corrected chi connectivity index (χ2v) is 9.05. The van der Waals surface area contributed by atoms with Crippen LogP contribution in [0.5, 0.6) is 5.75 Å². The van der Waals surface area contributed by atoms with Crippen molar-refractivity contribution in [3.63, 3.8) is 0 Å². The number of benzene rings is 2. The highest BCUT2D eigenvalue weighted by atomic mass is 19.1. The molecule has 0 bridgehead atoms. The fraction of sp³-hybridized carbons (Fsp3) is 0.321. The molecule has 8 nitrogen and oxygen atoms in total. The second kappa shape index (κ2) is 11.8. The molecule has 2 heterocycles. The number of halogens is 1. The molecule has 0 radical (unpaired) electrons. The van der Waals surface area contributed by atoms with Gasteiger partial charge >= 0.3 is 0 Å². The van der Waals surface area contributed by atoms with Crippen LogP contribution in [-0.4, -0.2) is 42.3 Å². The lowest BCUT2D eigenvalue weighted by Gasteiger charge is -2.22. The Hall–Kier alpha value is -3.98. The van der Waals surface area contributed by atoms with Crippen LogP contribution in [0, 0.1) is 24.1 Å². The number of nitrogens with zero attached hydrogens (tertiary/aromatic N) is 2. The summed E-state index contributed by atoms with van der Waals surface area (Å²) in [6.07, 6.45) is 6.18. The van der Waals surface area contributed by atoms with Gasteiger partial charge in [0.1, 0.15) is 0 Å². The topological polar surface area (TPSA) is 101 Å². The minimum absolute atomic E-state index is 0.0521. The van der Waals surface area contributed by atoms with Gasteiger partial charge in [-0.25, -0.2) is 9.37 Å². The number of nitrogens with one attached hydrogen (secondary N) is 3. The first-order chi connectivity index (χ1) is 17.9. The molecule has 1 saturated heterocycles. The predicted molar refractivity (Wildman–Crippen MR) is 140 cm³/mol. The van der Waals surface area contributed by atoms with Crippen LogP contribution in [0.1, 0.15) is 40.7 Å². The van der Waals surface area contributed by atoms with Crippen LogP contribution in [0.4, 0.5) is 15.9 Å². The van der Waals surface area contributed by atoms with E-state index in [1.807, 2.05) is 13.0 Å². The van der Waals surface area contributed by atoms with E-state index in [-0.39, 0.29) is 17.1 Å². The van der Waals surface area contributed by atoms with Gasteiger partial charge in [0, 0.05) is 54.7 Å². The van der Waals surface area contributed by atoms with Gasteiger partial charge in [0.05, 0.1) is 7.11 Å². The Morgan fingerprint density at radius 1 is 1.27 bits per heavy atom. The first-order valence-corrected chi connectivity index (χ1v) is 12.3. The van der Waals surface area contributed by atoms with Crippen molar-refractivity contribution >= 4 is 23.1 Å². The summed E-state index contributed by atoms with van der Waals surface area (Å²) in [4.78, 5) is 17.0. The van der Waals surface area contributed by atoms with Gasteiger partial charge in [-0.15, -0.1) is 0 Å². The molecule has 0 aliphatic carbocycles. The largest absolute Gasteiger partial charge is 0.494 e. The number of aromatic nitrogens is 2. The molecule has 3 aromatic rings. The van der Waals surface area contributed by atoms with Crippen molar-refractivity contribution in [3.8, 4) is 5.75 Å². The maximum Gasteiger partial charge on any atom is 0.251 e. The molecule has 37 heavy (non-hydrogen) atoms. The number of rotatable bonds is 9. The van der Waals surface area contributed by atoms with Crippen LogP contribution in [0.15, 0.2) is 55.4 Å². The highest BCUT2D eigenvalue weighted by molar-refractivity contribution is 5.96. The summed E-state index contributed by atoms with van der Waals surface area (Å²) in [7, 11) is 1.40. The van der Waals surface area contributed by atoms with Gasteiger partial charge in [-0.2, -0.15) is 0 Å². The molecule has 9 heteroatoms. The Labute approximate surface area is 215 Å². The number of amides is 1. The average molecular weight is 506 g/mol. The van der Waals surface area contributed by atoms with Gasteiger partial charge in [-0.05, 0) is 74.1 Å². The van der Waals surface area contributed by atoms with Crippen LogP contribution in [0.3, 0.4) is 0 Å². The minimum Gasteiger partial charge on any atom is -0.494 e. The first kappa shape index (κ1) is 26.1. The van der Waals surface area contributed by atoms with Gasteiger partial charge in [0.2, 0.25) is 0 Å². The Morgan fingerprint density at radius 2 is 2.05 bits per heavy atom. The average Bonchev–Trinajstić information content (AvgIpc) is 2.90. The molecule has 0 saturated carbocycles. The molecule has 1 aromatic heterocycles. The van der Waals surface area contributed by atoms with Crippen molar-refractivity contribution in [3.05, 3.63) is 83.4 Å². The molecule has 1 fully saturated rings. The lowest BCUT2D eigenvalue weighted by Crippen LogP contribution is -2.28. The summed E-state index contributed by atoms with van der Waals surface area (Å²) in [6, 6.07) is 9.91. The molecule has 2 aromatic carbocycles. The van der Waals surface area contributed by atoms with Crippen molar-refractivity contribution < 1.29 is 18.7 Å². The fourth-order valence-electron chi connectivity index (χ4n) is 4.38. The molecule has 1 aliphatic heterocycles. The maximum atomic E-state index is 14.2. The van der Waals surface area contributed by atoms with Crippen LogP contribution in [0.25, 0.3) is 5.70 Å². The van der Waals surface area contributed by atoms with Crippen molar-refractivity contribution in [2.75, 3.05) is 32.2 Å². The number of hydrogen-bond acceptors (Lipinski definition) is 6. The summed E-state index contributed by atoms with van der Waals surface area (Å²) in [5.74, 6) is 0.420. The Morgan fingerprint density at radius 3 is 2.76 bits per heavy atom. The zero-order chi connectivity index (χ0) is 26.4. The van der Waals surface area contributed by atoms with E-state index in [9.17, 15) is 9.18 Å². The smallest absolute Gasteiger partial charge is 0.251 e. The van der Waals surface area contributed by atoms with Crippen molar-refractivity contribution in [2.24, 2.45) is 5.92 Å². The normalized spacial score (nSPS) is 13.7. The number of carbonyl (C=O) groups is 1. The lowest BCUT2D eigenvalue weighted by atomic mass is 9.96. The standard InChI is InChI=1S/C28H32FN5O3/c1-18-16-22(5-6-23(18)28(35)32-11-8-20-9-14-37-15-10-20)33-27-26(30)34(13-12-31-27)19(2)21-4-7-25(36-3)24(29)17-21/h4-7,12-13,16-17,20,30H,2,8-11,14-15H2,1,3H3,(H,31,33)(H,32,35). The van der Waals surface area contributed by atoms with Gasteiger partial charge in [-0.3, -0.25) is 14.8 Å². The van der Waals surface area contributed by atoms with Crippen molar-refractivity contribution in [1.82, 2.24) is 14.9 Å². The van der Waals surface area contributed by atoms with E-state index in [0.29, 0.717) is 40.8 Å². The van der Waals surface area contributed by atoms with E-state index in [1.54, 1.807) is 30.6 Å². The monoisotopic (exact) mass is 505 g/mol. The summed E-state index contributed by atoms with van der Waals surface area (Å²) >= 11 is 0. The van der Waals surface area contributed by atoms with E-state index in [4.69, 9.17) is 14.9 Å². The molecular formula is C28H32FN5O3. The lowest BCUT2D eigenvalue weighted by molar-refractivity contribution is 0.0636. The van der Waals surface area contributed by atoms with Crippen LogP contribution < -0.4 is 20.9 Å². The zero-order valence-corrected chi connectivity index (χ0v) is 21.1. The molecule has 194 valence electrons. The SMILES string of the molecule is C=C(c1ccc(OC)c(F)c1)n1ccnc(Nc2ccc(C(=O)NCCC3CCOCC3)c(C)c2)c1=N. The van der Waals surface area contributed by atoms with E-state index >= 15 is 0 Å². The van der Waals surface area contributed by atoms with Gasteiger partial charge < -0.3 is 20.1 Å². The summed E-state index contributed by atoms with van der Waals surface area (Å²) in [6.45, 7) is 8.15. The molecule has 0 unspecified atom stereocenters. The summed E-state index contributed by atoms with van der Waals surface area (Å²) < 4.78 is 26.1. The highest BCUT2D eigenvalue weighted by Gasteiger charge is 2.15. The zero-order valence-electron chi connectivity index (χ0n) is 21.1. The van der Waals surface area contributed by atoms with E-state index in [0.717, 1.165) is 38.0 Å². The molecule has 0 atom stereocenters. The number of hydrogen-bond donors (Lipinski definition) is 3. The molecule has 1 aliphatic rings. The number of anilines is 2. The summed E-state index contributed by atoms with van der Waals surface area (Å²) in [5.41, 5.74) is 3.09. The first-order valence-electron chi connectivity index (χ1n) is 12.3. The van der Waals surface area contributed by atoms with Gasteiger partial charge in [0.15, 0.2) is 22.9 Å². The Bertz CT molecular complexity index is 1350. The number of carbonyl (C=O) groups excluding carboxylic acids is 1. The van der Waals surface area contributed by atoms with Crippen LogP contribution in [0.2, 0.25) is 0 Å². The van der Waals surface area contributed by atoms with E-state index in [2.05, 4.69) is 22.2 Å². The Balaban J connectivity index is 1.43. The Kier molecular flexibility index (Phi) is 8.35. The van der Waals surface area contributed by atoms with Crippen LogP contribution in [-0.2, 0) is 4.74 Å². The maximum absolute atomic E-state index is 14.2. The van der Waals surface area contributed by atoms with E-state index < -0.39 is 5.82 Å². The molecule has 1 amide bonds. The number of ether oxygens (including phenoxy) is 2. The molecule has 4 rings (SSSR count). The fourth-order valence-corrected chi connectivity index (χ4v) is 4.38. The third-order valence-electron chi connectivity index (χ3n) is 6.57. The van der Waals surface area contributed by atoms with Gasteiger partial charge in [0.25, 0.3) is 5.91 Å². The van der Waals surface area contributed by atoms with Gasteiger partial charge in [-0.1, -0.05) is 6.58 Å². The quantitative estimate of drug-likeness (QED) is 0.394. The highest BCUT2D eigenvalue weighted by Crippen LogP contribution is 2.23. The van der Waals surface area contributed by atoms with Crippen molar-refractivity contribution in [1.29, 1.82) is 5.41 Å². The minimum atomic E-state index is -0.510. The van der Waals surface area contributed by atoms with Crippen LogP contribution >= 0.6 is 0 Å². The van der Waals surface area contributed by atoms with Crippen molar-refractivity contribution in [2.45, 2.75) is 26.2 Å². The number of aryl methyl sites for hydroxylation is 1. The predicted octanol–water partition coefficient (Wildman–Crippen LogP) is 4.63. The van der Waals surface area contributed by atoms with E-state index in [1.165, 1.54) is 23.8 Å². The molecule has 3 N–H and O–H groups in total.